The van der Waals surface area contributed by atoms with E-state index in [0.717, 1.165) is 17.7 Å². The van der Waals surface area contributed by atoms with Crippen molar-refractivity contribution in [2.24, 2.45) is 0 Å². The van der Waals surface area contributed by atoms with Gasteiger partial charge in [-0.05, 0) is 17.2 Å². The minimum Gasteiger partial charge on any atom is -0.373 e. The predicted molar refractivity (Wildman–Crippen MR) is 83.1 cm³/mol. The molecule has 3 nitrogen and oxygen atoms in total. The van der Waals surface area contributed by atoms with Crippen LogP contribution >= 0.6 is 12.4 Å². The fourth-order valence-corrected chi connectivity index (χ4v) is 2.36. The number of carbonyl (C=O) groups excluding carboxylic acids is 1. The van der Waals surface area contributed by atoms with Crippen LogP contribution in [0.4, 0.5) is 5.69 Å². The van der Waals surface area contributed by atoms with Crippen molar-refractivity contribution in [3.63, 3.8) is 0 Å². The first-order valence-electron chi connectivity index (χ1n) is 6.49. The van der Waals surface area contributed by atoms with Gasteiger partial charge in [0, 0.05) is 18.7 Å². The number of rotatable bonds is 3. The van der Waals surface area contributed by atoms with Gasteiger partial charge in [-0.25, -0.2) is 0 Å². The van der Waals surface area contributed by atoms with Crippen molar-refractivity contribution in [2.75, 3.05) is 5.32 Å². The van der Waals surface area contributed by atoms with Crippen LogP contribution in [0.2, 0.25) is 0 Å². The highest BCUT2D eigenvalue weighted by Crippen LogP contribution is 2.25. The maximum atomic E-state index is 12.1. The smallest absolute Gasteiger partial charge is 0.243 e. The molecule has 0 spiro atoms. The molecule has 4 heteroatoms. The van der Waals surface area contributed by atoms with E-state index in [-0.39, 0.29) is 24.4 Å². The molecule has 0 bridgehead atoms. The highest BCUT2D eigenvalue weighted by Gasteiger charge is 2.25. The largest absolute Gasteiger partial charge is 0.373 e. The Hall–Kier alpha value is -2.00. The van der Waals surface area contributed by atoms with E-state index in [2.05, 4.69) is 16.7 Å². The average Bonchev–Trinajstić information content (AvgIpc) is 2.90. The molecule has 0 saturated carbocycles. The number of para-hydroxylation sites is 1. The van der Waals surface area contributed by atoms with Gasteiger partial charge in [-0.2, -0.15) is 0 Å². The first kappa shape index (κ1) is 14.4. The summed E-state index contributed by atoms with van der Waals surface area (Å²) in [4.78, 5) is 12.1. The van der Waals surface area contributed by atoms with Gasteiger partial charge in [0.15, 0.2) is 0 Å². The molecule has 2 aromatic rings. The summed E-state index contributed by atoms with van der Waals surface area (Å²) < 4.78 is 0. The molecule has 0 unspecified atom stereocenters. The summed E-state index contributed by atoms with van der Waals surface area (Å²) in [7, 11) is 0. The number of carbonyl (C=O) groups is 1. The number of benzene rings is 2. The summed E-state index contributed by atoms with van der Waals surface area (Å²) >= 11 is 0. The van der Waals surface area contributed by atoms with Gasteiger partial charge in [-0.1, -0.05) is 48.5 Å². The van der Waals surface area contributed by atoms with Gasteiger partial charge < -0.3 is 10.6 Å². The molecule has 2 N–H and O–H groups in total. The van der Waals surface area contributed by atoms with Gasteiger partial charge in [-0.15, -0.1) is 12.4 Å². The van der Waals surface area contributed by atoms with Crippen molar-refractivity contribution in [1.82, 2.24) is 5.32 Å². The average molecular weight is 289 g/mol. The predicted octanol–water partition coefficient (Wildman–Crippen LogP) is 2.76. The normalized spacial score (nSPS) is 15.7. The van der Waals surface area contributed by atoms with E-state index in [1.807, 2.05) is 48.5 Å². The standard InChI is InChI=1S/C16H16N2O.ClH/c19-16(17-11-12-6-2-1-3-7-12)15-10-13-8-4-5-9-14(13)18-15;/h1-9,15,18H,10-11H2,(H,17,19);1H/t15-;/m0./s1. The van der Waals surface area contributed by atoms with Crippen LogP contribution in [0.3, 0.4) is 0 Å². The third-order valence-corrected chi connectivity index (χ3v) is 3.40. The summed E-state index contributed by atoms with van der Waals surface area (Å²) in [6, 6.07) is 17.9. The van der Waals surface area contributed by atoms with E-state index in [4.69, 9.17) is 0 Å². The monoisotopic (exact) mass is 288 g/mol. The van der Waals surface area contributed by atoms with Gasteiger partial charge in [0.05, 0.1) is 0 Å². The zero-order valence-corrected chi connectivity index (χ0v) is 11.8. The first-order chi connectivity index (χ1) is 9.33. The molecule has 0 saturated heterocycles. The van der Waals surface area contributed by atoms with Crippen LogP contribution in [-0.2, 0) is 17.8 Å². The van der Waals surface area contributed by atoms with Crippen LogP contribution in [0.15, 0.2) is 54.6 Å². The van der Waals surface area contributed by atoms with Gasteiger partial charge >= 0.3 is 0 Å². The second kappa shape index (κ2) is 6.44. The molecule has 3 rings (SSSR count). The maximum Gasteiger partial charge on any atom is 0.243 e. The third kappa shape index (κ3) is 3.11. The van der Waals surface area contributed by atoms with Crippen molar-refractivity contribution < 1.29 is 4.79 Å². The molecule has 1 atom stereocenters. The van der Waals surface area contributed by atoms with Crippen molar-refractivity contribution in [1.29, 1.82) is 0 Å². The van der Waals surface area contributed by atoms with Crippen LogP contribution in [-0.4, -0.2) is 11.9 Å². The number of hydrogen-bond acceptors (Lipinski definition) is 2. The molecule has 1 amide bonds. The number of hydrogen-bond donors (Lipinski definition) is 2. The van der Waals surface area contributed by atoms with E-state index in [1.54, 1.807) is 0 Å². The Balaban J connectivity index is 0.00000147. The zero-order valence-electron chi connectivity index (χ0n) is 11.0. The molecule has 0 aromatic heterocycles. The molecule has 1 aliphatic rings. The Bertz CT molecular complexity index is 561. The number of nitrogens with one attached hydrogen (secondary N) is 2. The van der Waals surface area contributed by atoms with Crippen molar-refractivity contribution in [2.45, 2.75) is 19.0 Å². The van der Waals surface area contributed by atoms with E-state index in [9.17, 15) is 4.79 Å². The van der Waals surface area contributed by atoms with Crippen LogP contribution < -0.4 is 10.6 Å². The molecule has 0 aliphatic carbocycles. The van der Waals surface area contributed by atoms with E-state index in [1.165, 1.54) is 5.56 Å². The third-order valence-electron chi connectivity index (χ3n) is 3.40. The maximum absolute atomic E-state index is 12.1. The van der Waals surface area contributed by atoms with E-state index >= 15 is 0 Å². The SMILES string of the molecule is Cl.O=C(NCc1ccccc1)[C@@H]1Cc2ccccc2N1. The molecule has 0 radical (unpaired) electrons. The zero-order chi connectivity index (χ0) is 13.1. The summed E-state index contributed by atoms with van der Waals surface area (Å²) in [6.07, 6.45) is 0.761. The van der Waals surface area contributed by atoms with Gasteiger partial charge in [0.25, 0.3) is 0 Å². The first-order valence-corrected chi connectivity index (χ1v) is 6.49. The molecular weight excluding hydrogens is 272 g/mol. The Morgan fingerprint density at radius 3 is 2.55 bits per heavy atom. The highest BCUT2D eigenvalue weighted by atomic mass is 35.5. The van der Waals surface area contributed by atoms with E-state index in [0.29, 0.717) is 6.54 Å². The lowest BCUT2D eigenvalue weighted by Gasteiger charge is -2.12. The Kier molecular flexibility index (Phi) is 4.64. The van der Waals surface area contributed by atoms with Gasteiger partial charge in [-0.3, -0.25) is 4.79 Å². The van der Waals surface area contributed by atoms with Crippen molar-refractivity contribution in [3.05, 3.63) is 65.7 Å². The van der Waals surface area contributed by atoms with Gasteiger partial charge in [0.1, 0.15) is 6.04 Å². The molecular formula is C16H17ClN2O. The summed E-state index contributed by atoms with van der Waals surface area (Å²) in [5.41, 5.74) is 3.40. The molecule has 1 heterocycles. The van der Waals surface area contributed by atoms with Crippen LogP contribution in [0.1, 0.15) is 11.1 Å². The number of anilines is 1. The second-order valence-corrected chi connectivity index (χ2v) is 4.76. The van der Waals surface area contributed by atoms with Crippen LogP contribution in [0.5, 0.6) is 0 Å². The van der Waals surface area contributed by atoms with Crippen molar-refractivity contribution >= 4 is 24.0 Å². The second-order valence-electron chi connectivity index (χ2n) is 4.76. The quantitative estimate of drug-likeness (QED) is 0.912. The Morgan fingerprint density at radius 2 is 1.80 bits per heavy atom. The molecule has 1 aliphatic heterocycles. The molecule has 20 heavy (non-hydrogen) atoms. The van der Waals surface area contributed by atoms with Crippen LogP contribution in [0, 0.1) is 0 Å². The molecule has 0 fully saturated rings. The minimum atomic E-state index is -0.152. The lowest BCUT2D eigenvalue weighted by molar-refractivity contribution is -0.121. The van der Waals surface area contributed by atoms with Crippen molar-refractivity contribution in [3.8, 4) is 0 Å². The Morgan fingerprint density at radius 1 is 1.10 bits per heavy atom. The molecule has 2 aromatic carbocycles. The summed E-state index contributed by atoms with van der Waals surface area (Å²) in [5, 5.41) is 6.23. The lowest BCUT2D eigenvalue weighted by Crippen LogP contribution is -2.38. The fourth-order valence-electron chi connectivity index (χ4n) is 2.36. The van der Waals surface area contributed by atoms with E-state index < -0.39 is 0 Å². The lowest BCUT2D eigenvalue weighted by atomic mass is 10.1. The number of fused-ring (bicyclic) bond motifs is 1. The fraction of sp³-hybridized carbons (Fsp3) is 0.188. The van der Waals surface area contributed by atoms with Gasteiger partial charge in [0.2, 0.25) is 5.91 Å². The minimum absolute atomic E-state index is 0. The number of amides is 1. The topological polar surface area (TPSA) is 41.1 Å². The number of halogens is 1. The highest BCUT2D eigenvalue weighted by molar-refractivity contribution is 5.87. The van der Waals surface area contributed by atoms with Crippen LogP contribution in [0.25, 0.3) is 0 Å². The summed E-state index contributed by atoms with van der Waals surface area (Å²) in [5.74, 6) is 0.0556. The summed E-state index contributed by atoms with van der Waals surface area (Å²) in [6.45, 7) is 0.578. The molecule has 104 valence electrons. The Labute approximate surface area is 124 Å².